The monoisotopic (exact) mass is 257 g/mol. The summed E-state index contributed by atoms with van der Waals surface area (Å²) in [6, 6.07) is 9.44. The maximum atomic E-state index is 12.2. The van der Waals surface area contributed by atoms with E-state index in [2.05, 4.69) is 32.2 Å². The van der Waals surface area contributed by atoms with E-state index in [1.165, 1.54) is 5.57 Å². The van der Waals surface area contributed by atoms with Gasteiger partial charge in [0.2, 0.25) is 0 Å². The van der Waals surface area contributed by atoms with Crippen molar-refractivity contribution in [3.8, 4) is 0 Å². The number of hydrogen-bond donors (Lipinski definition) is 1. The quantitative estimate of drug-likeness (QED) is 0.816. The second-order valence-electron chi connectivity index (χ2n) is 6.06. The fourth-order valence-corrected chi connectivity index (χ4v) is 2.68. The topological polar surface area (TPSA) is 29.1 Å². The fraction of sp³-hybridized carbons (Fsp3) is 0.471. The lowest BCUT2D eigenvalue weighted by molar-refractivity contribution is 0.0874. The van der Waals surface area contributed by atoms with Crippen LogP contribution in [0.25, 0.3) is 0 Å². The molecule has 0 aliphatic heterocycles. The van der Waals surface area contributed by atoms with Crippen LogP contribution in [0.2, 0.25) is 0 Å². The van der Waals surface area contributed by atoms with Gasteiger partial charge in [0, 0.05) is 11.1 Å². The van der Waals surface area contributed by atoms with E-state index in [4.69, 9.17) is 0 Å². The van der Waals surface area contributed by atoms with E-state index in [-0.39, 0.29) is 11.4 Å². The lowest BCUT2D eigenvalue weighted by atomic mass is 9.77. The Bertz CT molecular complexity index is 473. The highest BCUT2D eigenvalue weighted by Crippen LogP contribution is 2.31. The lowest BCUT2D eigenvalue weighted by Gasteiger charge is -2.37. The van der Waals surface area contributed by atoms with Crippen molar-refractivity contribution in [1.29, 1.82) is 0 Å². The van der Waals surface area contributed by atoms with E-state index in [0.717, 1.165) is 24.8 Å². The summed E-state index contributed by atoms with van der Waals surface area (Å²) in [7, 11) is 0. The largest absolute Gasteiger partial charge is 0.347 e. The van der Waals surface area contributed by atoms with E-state index < -0.39 is 0 Å². The van der Waals surface area contributed by atoms with Crippen LogP contribution in [0.5, 0.6) is 0 Å². The van der Waals surface area contributed by atoms with Gasteiger partial charge in [-0.15, -0.1) is 0 Å². The van der Waals surface area contributed by atoms with Crippen LogP contribution in [0.1, 0.15) is 50.4 Å². The van der Waals surface area contributed by atoms with E-state index in [0.29, 0.717) is 5.92 Å². The SMILES string of the molecule is CC1=CC[C@@H](C(C)(C)NC(=O)c2ccccc2)CC1. The summed E-state index contributed by atoms with van der Waals surface area (Å²) in [5, 5.41) is 3.19. The molecule has 0 bridgehead atoms. The molecule has 0 spiro atoms. The number of nitrogens with one attached hydrogen (secondary N) is 1. The van der Waals surface area contributed by atoms with Gasteiger partial charge in [-0.2, -0.15) is 0 Å². The third kappa shape index (κ3) is 3.46. The van der Waals surface area contributed by atoms with Crippen LogP contribution >= 0.6 is 0 Å². The van der Waals surface area contributed by atoms with Crippen LogP contribution in [0.15, 0.2) is 42.0 Å². The molecule has 1 N–H and O–H groups in total. The summed E-state index contributed by atoms with van der Waals surface area (Å²) < 4.78 is 0. The molecule has 0 aromatic heterocycles. The van der Waals surface area contributed by atoms with Crippen molar-refractivity contribution in [3.05, 3.63) is 47.5 Å². The van der Waals surface area contributed by atoms with Gasteiger partial charge in [-0.25, -0.2) is 0 Å². The molecule has 0 saturated carbocycles. The summed E-state index contributed by atoms with van der Waals surface area (Å²) in [5.74, 6) is 0.542. The second-order valence-corrected chi connectivity index (χ2v) is 6.06. The Labute approximate surface area is 115 Å². The molecule has 19 heavy (non-hydrogen) atoms. The predicted octanol–water partition coefficient (Wildman–Crippen LogP) is 3.94. The molecule has 0 radical (unpaired) electrons. The molecule has 2 rings (SSSR count). The van der Waals surface area contributed by atoms with Crippen molar-refractivity contribution >= 4 is 5.91 Å². The summed E-state index contributed by atoms with van der Waals surface area (Å²) in [5.41, 5.74) is 2.05. The Hall–Kier alpha value is -1.57. The third-order valence-electron chi connectivity index (χ3n) is 4.13. The second kappa shape index (κ2) is 5.60. The molecule has 1 aromatic rings. The molecular weight excluding hydrogens is 234 g/mol. The average Bonchev–Trinajstić information content (AvgIpc) is 2.40. The van der Waals surface area contributed by atoms with Gasteiger partial charge in [0.25, 0.3) is 5.91 Å². The van der Waals surface area contributed by atoms with E-state index in [1.807, 2.05) is 30.3 Å². The molecule has 0 unspecified atom stereocenters. The number of carbonyl (C=O) groups excluding carboxylic acids is 1. The van der Waals surface area contributed by atoms with E-state index >= 15 is 0 Å². The first kappa shape index (κ1) is 13.9. The van der Waals surface area contributed by atoms with Gasteiger partial charge in [-0.05, 0) is 58.1 Å². The minimum atomic E-state index is -0.163. The Morgan fingerprint density at radius 1 is 1.26 bits per heavy atom. The standard InChI is InChI=1S/C17H23NO/c1-13-9-11-15(12-10-13)17(2,3)18-16(19)14-7-5-4-6-8-14/h4-9,15H,10-12H2,1-3H3,(H,18,19)/t15-/m1/s1. The Kier molecular flexibility index (Phi) is 4.08. The zero-order valence-electron chi connectivity index (χ0n) is 12.1. The van der Waals surface area contributed by atoms with Crippen molar-refractivity contribution in [1.82, 2.24) is 5.32 Å². The van der Waals surface area contributed by atoms with Crippen LogP contribution < -0.4 is 5.32 Å². The molecule has 1 amide bonds. The summed E-state index contributed by atoms with van der Waals surface area (Å²) >= 11 is 0. The highest BCUT2D eigenvalue weighted by molar-refractivity contribution is 5.94. The Morgan fingerprint density at radius 2 is 1.95 bits per heavy atom. The van der Waals surface area contributed by atoms with Gasteiger partial charge in [0.1, 0.15) is 0 Å². The number of amides is 1. The molecule has 1 aliphatic rings. The number of benzene rings is 1. The van der Waals surface area contributed by atoms with E-state index in [1.54, 1.807) is 0 Å². The highest BCUT2D eigenvalue weighted by Gasteiger charge is 2.31. The first-order valence-electron chi connectivity index (χ1n) is 7.02. The number of hydrogen-bond acceptors (Lipinski definition) is 1. The summed E-state index contributed by atoms with van der Waals surface area (Å²) in [6.07, 6.45) is 5.68. The predicted molar refractivity (Wildman–Crippen MR) is 79.1 cm³/mol. The van der Waals surface area contributed by atoms with Crippen molar-refractivity contribution in [3.63, 3.8) is 0 Å². The molecule has 102 valence electrons. The van der Waals surface area contributed by atoms with Crippen LogP contribution in [0.3, 0.4) is 0 Å². The smallest absolute Gasteiger partial charge is 0.251 e. The normalized spacial score (nSPS) is 19.7. The van der Waals surface area contributed by atoms with Crippen molar-refractivity contribution in [2.24, 2.45) is 5.92 Å². The van der Waals surface area contributed by atoms with Crippen molar-refractivity contribution in [2.75, 3.05) is 0 Å². The Morgan fingerprint density at radius 3 is 2.53 bits per heavy atom. The maximum Gasteiger partial charge on any atom is 0.251 e. The minimum absolute atomic E-state index is 0.0249. The van der Waals surface area contributed by atoms with Crippen LogP contribution in [-0.2, 0) is 0 Å². The molecule has 0 saturated heterocycles. The summed E-state index contributed by atoms with van der Waals surface area (Å²) in [6.45, 7) is 6.45. The van der Waals surface area contributed by atoms with Crippen LogP contribution in [0.4, 0.5) is 0 Å². The Balaban J connectivity index is 2.03. The molecule has 1 aliphatic carbocycles. The van der Waals surface area contributed by atoms with Gasteiger partial charge in [-0.3, -0.25) is 4.79 Å². The number of allylic oxidation sites excluding steroid dienone is 2. The van der Waals surface area contributed by atoms with E-state index in [9.17, 15) is 4.79 Å². The number of carbonyl (C=O) groups is 1. The molecule has 2 nitrogen and oxygen atoms in total. The fourth-order valence-electron chi connectivity index (χ4n) is 2.68. The molecule has 1 atom stereocenters. The van der Waals surface area contributed by atoms with Gasteiger partial charge in [0.15, 0.2) is 0 Å². The minimum Gasteiger partial charge on any atom is -0.347 e. The molecule has 2 heteroatoms. The number of rotatable bonds is 3. The van der Waals surface area contributed by atoms with Crippen LogP contribution in [-0.4, -0.2) is 11.4 Å². The van der Waals surface area contributed by atoms with Gasteiger partial charge in [-0.1, -0.05) is 29.8 Å². The first-order valence-corrected chi connectivity index (χ1v) is 7.02. The lowest BCUT2D eigenvalue weighted by Crippen LogP contribution is -2.49. The van der Waals surface area contributed by atoms with Gasteiger partial charge < -0.3 is 5.32 Å². The molecule has 0 fully saturated rings. The van der Waals surface area contributed by atoms with Crippen LogP contribution in [0, 0.1) is 5.92 Å². The van der Waals surface area contributed by atoms with Crippen molar-refractivity contribution in [2.45, 2.75) is 45.6 Å². The molecular formula is C17H23NO. The maximum absolute atomic E-state index is 12.2. The van der Waals surface area contributed by atoms with Crippen molar-refractivity contribution < 1.29 is 4.79 Å². The summed E-state index contributed by atoms with van der Waals surface area (Å²) in [4.78, 5) is 12.2. The average molecular weight is 257 g/mol. The first-order chi connectivity index (χ1) is 8.99. The van der Waals surface area contributed by atoms with Gasteiger partial charge >= 0.3 is 0 Å². The zero-order chi connectivity index (χ0) is 13.9. The molecule has 1 aromatic carbocycles. The molecule has 0 heterocycles. The highest BCUT2D eigenvalue weighted by atomic mass is 16.1. The third-order valence-corrected chi connectivity index (χ3v) is 4.13. The zero-order valence-corrected chi connectivity index (χ0v) is 12.1. The van der Waals surface area contributed by atoms with Gasteiger partial charge in [0.05, 0.1) is 0 Å².